The van der Waals surface area contributed by atoms with E-state index in [1.807, 2.05) is 0 Å². The number of hydrogen-bond donors (Lipinski definition) is 0. The van der Waals surface area contributed by atoms with Crippen molar-refractivity contribution in [3.8, 4) is 0 Å². The fourth-order valence-electron chi connectivity index (χ4n) is 1.42. The summed E-state index contributed by atoms with van der Waals surface area (Å²) in [5.41, 5.74) is 1.13. The molecule has 0 bridgehead atoms. The Morgan fingerprint density at radius 3 is 2.91 bits per heavy atom. The number of hydrogen-bond acceptors (Lipinski definition) is 3. The zero-order valence-corrected chi connectivity index (χ0v) is 6.78. The average Bonchev–Trinajstić information content (AvgIpc) is 2.30. The highest BCUT2D eigenvalue weighted by Crippen LogP contribution is 2.25. The molecule has 0 aromatic carbocycles. The number of anilines is 1. The van der Waals surface area contributed by atoms with E-state index in [0.717, 1.165) is 17.9 Å². The Morgan fingerprint density at radius 1 is 1.45 bits per heavy atom. The van der Waals surface area contributed by atoms with Crippen molar-refractivity contribution >= 4 is 5.82 Å². The lowest BCUT2D eigenvalue weighted by Crippen LogP contribution is -2.24. The van der Waals surface area contributed by atoms with E-state index in [9.17, 15) is 0 Å². The topological polar surface area (TPSA) is 29.0 Å². The molecule has 0 fully saturated rings. The lowest BCUT2D eigenvalue weighted by Gasteiger charge is -2.15. The molecular formula is C8H11N3. The van der Waals surface area contributed by atoms with Gasteiger partial charge in [0.2, 0.25) is 0 Å². The molecule has 11 heavy (non-hydrogen) atoms. The van der Waals surface area contributed by atoms with Crippen LogP contribution in [0, 0.1) is 0 Å². The summed E-state index contributed by atoms with van der Waals surface area (Å²) in [5.74, 6) is 1.04. The van der Waals surface area contributed by atoms with Gasteiger partial charge in [0.1, 0.15) is 5.82 Å². The first-order chi connectivity index (χ1) is 5.29. The summed E-state index contributed by atoms with van der Waals surface area (Å²) in [7, 11) is 2.06. The molecule has 58 valence electrons. The van der Waals surface area contributed by atoms with E-state index in [-0.39, 0.29) is 0 Å². The predicted octanol–water partition coefficient (Wildman–Crippen LogP) is 0.857. The summed E-state index contributed by atoms with van der Waals surface area (Å²) in [4.78, 5) is 10.7. The van der Waals surface area contributed by atoms with Crippen LogP contribution in [0.3, 0.4) is 0 Å². The molecule has 0 radical (unpaired) electrons. The second-order valence-electron chi connectivity index (χ2n) is 2.99. The predicted molar refractivity (Wildman–Crippen MR) is 43.6 cm³/mol. The first kappa shape index (κ1) is 6.58. The third-order valence-electron chi connectivity index (χ3n) is 2.24. The Bertz CT molecular complexity index is 272. The Labute approximate surface area is 66.1 Å². The van der Waals surface area contributed by atoms with Gasteiger partial charge in [-0.2, -0.15) is 0 Å². The first-order valence-corrected chi connectivity index (χ1v) is 3.82. The van der Waals surface area contributed by atoms with Crippen LogP contribution < -0.4 is 4.90 Å². The minimum Gasteiger partial charge on any atom is -0.355 e. The summed E-state index contributed by atoms with van der Waals surface area (Å²) in [6.45, 7) is 2.18. The number of aromatic nitrogens is 2. The molecule has 1 aromatic heterocycles. The standard InChI is InChI=1S/C8H11N3/c1-6-5-7-8(11(6)2)10-4-3-9-7/h3-4,6H,5H2,1-2H3. The smallest absolute Gasteiger partial charge is 0.150 e. The third kappa shape index (κ3) is 0.878. The van der Waals surface area contributed by atoms with Gasteiger partial charge in [-0.3, -0.25) is 4.98 Å². The summed E-state index contributed by atoms with van der Waals surface area (Å²) in [6, 6.07) is 0.549. The second kappa shape index (κ2) is 2.19. The summed E-state index contributed by atoms with van der Waals surface area (Å²) in [6.07, 6.45) is 4.53. The largest absolute Gasteiger partial charge is 0.355 e. The van der Waals surface area contributed by atoms with Gasteiger partial charge in [0.25, 0.3) is 0 Å². The molecule has 2 rings (SSSR count). The van der Waals surface area contributed by atoms with E-state index in [1.54, 1.807) is 12.4 Å². The molecule has 1 aromatic rings. The van der Waals surface area contributed by atoms with Gasteiger partial charge in [-0.25, -0.2) is 4.98 Å². The Balaban J connectivity index is 2.47. The van der Waals surface area contributed by atoms with Crippen molar-refractivity contribution in [2.24, 2.45) is 0 Å². The normalized spacial score (nSPS) is 22.0. The van der Waals surface area contributed by atoms with Gasteiger partial charge in [-0.15, -0.1) is 0 Å². The van der Waals surface area contributed by atoms with Crippen molar-refractivity contribution in [1.29, 1.82) is 0 Å². The van der Waals surface area contributed by atoms with Crippen molar-refractivity contribution in [2.75, 3.05) is 11.9 Å². The van der Waals surface area contributed by atoms with Gasteiger partial charge in [0.05, 0.1) is 5.69 Å². The maximum Gasteiger partial charge on any atom is 0.150 e. The fraction of sp³-hybridized carbons (Fsp3) is 0.500. The minimum atomic E-state index is 0.549. The molecule has 3 heteroatoms. The SMILES string of the molecule is CC1Cc2nccnc2N1C. The Hall–Kier alpha value is -1.12. The third-order valence-corrected chi connectivity index (χ3v) is 2.24. The maximum absolute atomic E-state index is 4.26. The van der Waals surface area contributed by atoms with Gasteiger partial charge in [-0.1, -0.05) is 0 Å². The van der Waals surface area contributed by atoms with Crippen LogP contribution >= 0.6 is 0 Å². The van der Waals surface area contributed by atoms with Crippen LogP contribution in [0.2, 0.25) is 0 Å². The number of fused-ring (bicyclic) bond motifs is 1. The van der Waals surface area contributed by atoms with Crippen LogP contribution in [0.25, 0.3) is 0 Å². The monoisotopic (exact) mass is 149 g/mol. The van der Waals surface area contributed by atoms with E-state index >= 15 is 0 Å². The highest BCUT2D eigenvalue weighted by atomic mass is 15.2. The highest BCUT2D eigenvalue weighted by Gasteiger charge is 2.24. The van der Waals surface area contributed by atoms with E-state index in [0.29, 0.717) is 6.04 Å². The molecular weight excluding hydrogens is 138 g/mol. The fourth-order valence-corrected chi connectivity index (χ4v) is 1.42. The van der Waals surface area contributed by atoms with Crippen LogP contribution in [0.15, 0.2) is 12.4 Å². The summed E-state index contributed by atoms with van der Waals surface area (Å²) < 4.78 is 0. The van der Waals surface area contributed by atoms with Crippen LogP contribution in [-0.2, 0) is 6.42 Å². The molecule has 0 amide bonds. The maximum atomic E-state index is 4.26. The lowest BCUT2D eigenvalue weighted by molar-refractivity contribution is 0.724. The van der Waals surface area contributed by atoms with E-state index in [2.05, 4.69) is 28.8 Å². The van der Waals surface area contributed by atoms with Gasteiger partial charge < -0.3 is 4.90 Å². The summed E-state index contributed by atoms with van der Waals surface area (Å²) in [5, 5.41) is 0. The molecule has 1 aliphatic heterocycles. The van der Waals surface area contributed by atoms with Gasteiger partial charge in [0, 0.05) is 31.9 Å². The average molecular weight is 149 g/mol. The van der Waals surface area contributed by atoms with Crippen molar-refractivity contribution in [3.63, 3.8) is 0 Å². The van der Waals surface area contributed by atoms with Crippen LogP contribution in [0.4, 0.5) is 5.82 Å². The number of nitrogens with zero attached hydrogens (tertiary/aromatic N) is 3. The van der Waals surface area contributed by atoms with Crippen molar-refractivity contribution in [1.82, 2.24) is 9.97 Å². The zero-order chi connectivity index (χ0) is 7.84. The molecule has 1 unspecified atom stereocenters. The lowest BCUT2D eigenvalue weighted by atomic mass is 10.2. The molecule has 0 saturated heterocycles. The number of rotatable bonds is 0. The van der Waals surface area contributed by atoms with E-state index in [4.69, 9.17) is 0 Å². The quantitative estimate of drug-likeness (QED) is 0.547. The Kier molecular flexibility index (Phi) is 1.31. The second-order valence-corrected chi connectivity index (χ2v) is 2.99. The highest BCUT2D eigenvalue weighted by molar-refractivity contribution is 5.48. The van der Waals surface area contributed by atoms with Crippen LogP contribution in [0.1, 0.15) is 12.6 Å². The zero-order valence-electron chi connectivity index (χ0n) is 6.78. The molecule has 0 saturated carbocycles. The number of likely N-dealkylation sites (N-methyl/N-ethyl adjacent to an activating group) is 1. The Morgan fingerprint density at radius 2 is 2.18 bits per heavy atom. The van der Waals surface area contributed by atoms with Crippen LogP contribution in [0.5, 0.6) is 0 Å². The molecule has 1 atom stereocenters. The molecule has 3 nitrogen and oxygen atoms in total. The van der Waals surface area contributed by atoms with Gasteiger partial charge in [0.15, 0.2) is 0 Å². The van der Waals surface area contributed by atoms with Crippen molar-refractivity contribution in [2.45, 2.75) is 19.4 Å². The molecule has 0 spiro atoms. The van der Waals surface area contributed by atoms with E-state index < -0.39 is 0 Å². The minimum absolute atomic E-state index is 0.549. The summed E-state index contributed by atoms with van der Waals surface area (Å²) >= 11 is 0. The van der Waals surface area contributed by atoms with Crippen LogP contribution in [-0.4, -0.2) is 23.1 Å². The van der Waals surface area contributed by atoms with Crippen molar-refractivity contribution in [3.05, 3.63) is 18.1 Å². The van der Waals surface area contributed by atoms with E-state index in [1.165, 1.54) is 0 Å². The molecule has 0 aliphatic carbocycles. The van der Waals surface area contributed by atoms with Gasteiger partial charge in [-0.05, 0) is 6.92 Å². The van der Waals surface area contributed by atoms with Crippen molar-refractivity contribution < 1.29 is 0 Å². The molecule has 1 aliphatic rings. The molecule has 0 N–H and O–H groups in total. The molecule has 2 heterocycles. The van der Waals surface area contributed by atoms with Gasteiger partial charge >= 0.3 is 0 Å². The first-order valence-electron chi connectivity index (χ1n) is 3.82.